The highest BCUT2D eigenvalue weighted by Crippen LogP contribution is 2.30. The molecule has 1 heterocycles. The number of hydrogen-bond donors (Lipinski definition) is 2. The van der Waals surface area contributed by atoms with Crippen LogP contribution in [-0.2, 0) is 25.6 Å². The maximum Gasteiger partial charge on any atom is 0.435 e. The van der Waals surface area contributed by atoms with Gasteiger partial charge in [0.2, 0.25) is 0 Å². The number of amides is 2. The van der Waals surface area contributed by atoms with Crippen LogP contribution in [0.25, 0.3) is 5.69 Å². The third-order valence-electron chi connectivity index (χ3n) is 5.29. The molecule has 168 valence electrons. The molecule has 5 nitrogen and oxygen atoms in total. The van der Waals surface area contributed by atoms with Gasteiger partial charge in [0.15, 0.2) is 5.69 Å². The van der Waals surface area contributed by atoms with E-state index in [9.17, 15) is 18.0 Å². The van der Waals surface area contributed by atoms with Crippen LogP contribution < -0.4 is 10.6 Å². The number of aromatic nitrogens is 2. The van der Waals surface area contributed by atoms with Gasteiger partial charge in [-0.25, -0.2) is 9.48 Å². The second-order valence-corrected chi connectivity index (χ2v) is 8.46. The van der Waals surface area contributed by atoms with Gasteiger partial charge in [-0.15, -0.1) is 0 Å². The number of nitrogens with one attached hydrogen (secondary N) is 2. The third kappa shape index (κ3) is 5.19. The van der Waals surface area contributed by atoms with Gasteiger partial charge in [0.25, 0.3) is 0 Å². The molecular weight excluding hydrogens is 464 g/mol. The lowest BCUT2D eigenvalue weighted by atomic mass is 9.88. The van der Waals surface area contributed by atoms with Crippen LogP contribution in [0, 0.1) is 0 Å². The topological polar surface area (TPSA) is 59.0 Å². The number of fused-ring (bicyclic) bond motifs is 1. The van der Waals surface area contributed by atoms with E-state index in [4.69, 9.17) is 23.2 Å². The number of rotatable bonds is 4. The van der Waals surface area contributed by atoms with Crippen LogP contribution >= 0.6 is 23.2 Å². The van der Waals surface area contributed by atoms with Crippen LogP contribution in [0.5, 0.6) is 0 Å². The van der Waals surface area contributed by atoms with Crippen molar-refractivity contribution in [3.63, 3.8) is 0 Å². The van der Waals surface area contributed by atoms with Crippen molar-refractivity contribution in [1.82, 2.24) is 20.4 Å². The summed E-state index contributed by atoms with van der Waals surface area (Å²) in [7, 11) is 0. The molecule has 0 radical (unpaired) electrons. The molecule has 1 aromatic heterocycles. The Morgan fingerprint density at radius 2 is 1.88 bits per heavy atom. The summed E-state index contributed by atoms with van der Waals surface area (Å²) in [6.07, 6.45) is -2.41. The first kappa shape index (κ1) is 22.5. The molecule has 32 heavy (non-hydrogen) atoms. The lowest BCUT2D eigenvalue weighted by Gasteiger charge is -2.25. The Balaban J connectivity index is 1.44. The van der Waals surface area contributed by atoms with Crippen LogP contribution in [0.15, 0.2) is 48.5 Å². The minimum absolute atomic E-state index is 0.0766. The van der Waals surface area contributed by atoms with Crippen LogP contribution in [0.2, 0.25) is 10.0 Å². The predicted molar refractivity (Wildman–Crippen MR) is 116 cm³/mol. The predicted octanol–water partition coefficient (Wildman–Crippen LogP) is 5.55. The van der Waals surface area contributed by atoms with E-state index in [0.29, 0.717) is 22.2 Å². The number of hydrogen-bond acceptors (Lipinski definition) is 2. The molecular formula is C22H19Cl2F3N4O. The molecule has 10 heteroatoms. The van der Waals surface area contributed by atoms with E-state index in [-0.39, 0.29) is 18.3 Å². The molecule has 1 atom stereocenters. The van der Waals surface area contributed by atoms with Crippen molar-refractivity contribution in [1.29, 1.82) is 0 Å². The second kappa shape index (κ2) is 9.03. The zero-order valence-electron chi connectivity index (χ0n) is 16.7. The first-order valence-corrected chi connectivity index (χ1v) is 10.7. The third-order valence-corrected chi connectivity index (χ3v) is 5.76. The first-order chi connectivity index (χ1) is 15.2. The van der Waals surface area contributed by atoms with Gasteiger partial charge >= 0.3 is 12.2 Å². The van der Waals surface area contributed by atoms with E-state index in [1.54, 1.807) is 18.2 Å². The van der Waals surface area contributed by atoms with E-state index >= 15 is 0 Å². The Morgan fingerprint density at radius 3 is 2.62 bits per heavy atom. The van der Waals surface area contributed by atoms with Crippen LogP contribution in [0.1, 0.15) is 28.9 Å². The smallest absolute Gasteiger partial charge is 0.335 e. The molecule has 1 aliphatic rings. The molecule has 2 N–H and O–H groups in total. The summed E-state index contributed by atoms with van der Waals surface area (Å²) in [5.41, 5.74) is 1.80. The Kier molecular flexibility index (Phi) is 6.35. The molecule has 2 aromatic carbocycles. The molecule has 0 spiro atoms. The average Bonchev–Trinajstić information content (AvgIpc) is 3.17. The largest absolute Gasteiger partial charge is 0.435 e. The number of aryl methyl sites for hydroxylation is 1. The number of carbonyl (C=O) groups excluding carboxylic acids is 1. The Bertz CT molecular complexity index is 1150. The number of urea groups is 1. The van der Waals surface area contributed by atoms with Crippen molar-refractivity contribution < 1.29 is 18.0 Å². The fourth-order valence-electron chi connectivity index (χ4n) is 3.77. The van der Waals surface area contributed by atoms with E-state index < -0.39 is 17.9 Å². The maximum absolute atomic E-state index is 13.2. The van der Waals surface area contributed by atoms with Crippen molar-refractivity contribution in [2.75, 3.05) is 0 Å². The zero-order valence-corrected chi connectivity index (χ0v) is 18.2. The summed E-state index contributed by atoms with van der Waals surface area (Å²) in [6.45, 7) is -0.139. The van der Waals surface area contributed by atoms with E-state index in [1.165, 1.54) is 11.6 Å². The number of alkyl halides is 3. The molecule has 0 bridgehead atoms. The summed E-state index contributed by atoms with van der Waals surface area (Å²) in [5.74, 6) is 0. The number of halogens is 5. The monoisotopic (exact) mass is 482 g/mol. The highest BCUT2D eigenvalue weighted by molar-refractivity contribution is 6.31. The number of carbonyl (C=O) groups is 1. The molecule has 4 rings (SSSR count). The van der Waals surface area contributed by atoms with Gasteiger partial charge in [-0.3, -0.25) is 0 Å². The molecule has 0 fully saturated rings. The van der Waals surface area contributed by atoms with Crippen molar-refractivity contribution in [3.8, 4) is 5.69 Å². The molecule has 3 aromatic rings. The highest BCUT2D eigenvalue weighted by atomic mass is 35.5. The maximum atomic E-state index is 13.2. The summed E-state index contributed by atoms with van der Waals surface area (Å²) in [6, 6.07) is 12.4. The lowest BCUT2D eigenvalue weighted by molar-refractivity contribution is -0.141. The molecule has 0 saturated heterocycles. The second-order valence-electron chi connectivity index (χ2n) is 7.59. The van der Waals surface area contributed by atoms with Crippen molar-refractivity contribution in [2.45, 2.75) is 38.0 Å². The molecule has 0 saturated carbocycles. The van der Waals surface area contributed by atoms with Gasteiger partial charge in [0.1, 0.15) is 0 Å². The molecule has 2 amide bonds. The fraction of sp³-hybridized carbons (Fsp3) is 0.273. The molecule has 1 aliphatic carbocycles. The molecule has 1 unspecified atom stereocenters. The highest BCUT2D eigenvalue weighted by Gasteiger charge is 2.35. The van der Waals surface area contributed by atoms with Crippen LogP contribution in [0.4, 0.5) is 18.0 Å². The SMILES string of the molecule is O=C(NCc1cc(C(F)(F)F)nn1-c1cccc(Cl)c1)NC1CCc2cc(Cl)ccc2C1. The zero-order chi connectivity index (χ0) is 22.9. The normalized spacial score (nSPS) is 15.8. The Morgan fingerprint density at radius 1 is 1.09 bits per heavy atom. The minimum atomic E-state index is -4.61. The first-order valence-electron chi connectivity index (χ1n) is 9.93. The quantitative estimate of drug-likeness (QED) is 0.511. The number of nitrogens with zero attached hydrogens (tertiary/aromatic N) is 2. The van der Waals surface area contributed by atoms with Gasteiger partial charge in [-0.1, -0.05) is 35.3 Å². The van der Waals surface area contributed by atoms with Gasteiger partial charge in [0.05, 0.1) is 17.9 Å². The Labute approximate surface area is 192 Å². The van der Waals surface area contributed by atoms with Crippen molar-refractivity contribution >= 4 is 29.2 Å². The Hall–Kier alpha value is -2.71. The van der Waals surface area contributed by atoms with E-state index in [2.05, 4.69) is 15.7 Å². The summed E-state index contributed by atoms with van der Waals surface area (Å²) < 4.78 is 40.8. The van der Waals surface area contributed by atoms with Gasteiger partial charge in [0, 0.05) is 16.1 Å². The summed E-state index contributed by atoms with van der Waals surface area (Å²) in [5, 5.41) is 10.2. The average molecular weight is 483 g/mol. The number of benzene rings is 2. The fourth-order valence-corrected chi connectivity index (χ4v) is 4.15. The van der Waals surface area contributed by atoms with Crippen molar-refractivity contribution in [2.24, 2.45) is 0 Å². The van der Waals surface area contributed by atoms with Crippen LogP contribution in [0.3, 0.4) is 0 Å². The van der Waals surface area contributed by atoms with Gasteiger partial charge in [-0.05, 0) is 66.8 Å². The summed E-state index contributed by atoms with van der Waals surface area (Å²) >= 11 is 12.0. The standard InChI is InChI=1S/C22H19Cl2F3N4O/c23-15-2-1-3-18(10-15)31-19(11-20(30-31)22(25,26)27)12-28-21(32)29-17-7-5-13-8-16(24)6-4-14(13)9-17/h1-4,6,8,10-11,17H,5,7,9,12H2,(H2,28,29,32). The van der Waals surface area contributed by atoms with Gasteiger partial charge < -0.3 is 10.6 Å². The van der Waals surface area contributed by atoms with Gasteiger partial charge in [-0.2, -0.15) is 18.3 Å². The van der Waals surface area contributed by atoms with E-state index in [0.717, 1.165) is 29.2 Å². The van der Waals surface area contributed by atoms with E-state index in [1.807, 2.05) is 18.2 Å². The summed E-state index contributed by atoms with van der Waals surface area (Å²) in [4.78, 5) is 12.4. The lowest BCUT2D eigenvalue weighted by Crippen LogP contribution is -2.44. The van der Waals surface area contributed by atoms with Crippen LogP contribution in [-0.4, -0.2) is 21.9 Å². The minimum Gasteiger partial charge on any atom is -0.335 e. The molecule has 0 aliphatic heterocycles. The van der Waals surface area contributed by atoms with Crippen molar-refractivity contribution in [3.05, 3.63) is 81.1 Å².